The standard InChI is InChI=1S/C9H8N2S/c10-9-3-1-2-8(11-9)7-4-5-12-6-7/h1-6H,(H2,10,11). The lowest BCUT2D eigenvalue weighted by Crippen LogP contribution is -1.89. The lowest BCUT2D eigenvalue weighted by molar-refractivity contribution is 1.34. The predicted octanol–water partition coefficient (Wildman–Crippen LogP) is 2.39. The molecule has 0 spiro atoms. The number of nitrogen functional groups attached to an aromatic ring is 1. The number of nitrogens with zero attached hydrogens (tertiary/aromatic N) is 1. The SMILES string of the molecule is Nc1cccc(-c2ccsc2)n1. The summed E-state index contributed by atoms with van der Waals surface area (Å²) in [5.74, 6) is 0.568. The van der Waals surface area contributed by atoms with Crippen molar-refractivity contribution in [3.8, 4) is 11.3 Å². The van der Waals surface area contributed by atoms with Crippen molar-refractivity contribution in [1.29, 1.82) is 0 Å². The van der Waals surface area contributed by atoms with E-state index in [1.165, 1.54) is 0 Å². The molecule has 0 unspecified atom stereocenters. The Morgan fingerprint density at radius 3 is 2.83 bits per heavy atom. The second-order valence-corrected chi connectivity index (χ2v) is 3.24. The van der Waals surface area contributed by atoms with E-state index in [1.807, 2.05) is 23.6 Å². The van der Waals surface area contributed by atoms with Crippen LogP contribution in [0.15, 0.2) is 35.0 Å². The molecule has 0 aliphatic heterocycles. The van der Waals surface area contributed by atoms with Crippen LogP contribution in [0.3, 0.4) is 0 Å². The maximum absolute atomic E-state index is 5.56. The minimum atomic E-state index is 0.568. The highest BCUT2D eigenvalue weighted by atomic mass is 32.1. The van der Waals surface area contributed by atoms with Gasteiger partial charge in [-0.15, -0.1) is 0 Å². The van der Waals surface area contributed by atoms with Crippen molar-refractivity contribution in [2.75, 3.05) is 5.73 Å². The zero-order chi connectivity index (χ0) is 8.39. The summed E-state index contributed by atoms with van der Waals surface area (Å²) in [6, 6.07) is 7.69. The first-order valence-corrected chi connectivity index (χ1v) is 4.55. The number of nitrogens with two attached hydrogens (primary N) is 1. The predicted molar refractivity (Wildman–Crippen MR) is 52.0 cm³/mol. The number of rotatable bonds is 1. The summed E-state index contributed by atoms with van der Waals surface area (Å²) in [6.45, 7) is 0. The number of aromatic nitrogens is 1. The van der Waals surface area contributed by atoms with Crippen molar-refractivity contribution in [3.05, 3.63) is 35.0 Å². The van der Waals surface area contributed by atoms with Crippen LogP contribution < -0.4 is 5.73 Å². The van der Waals surface area contributed by atoms with Crippen molar-refractivity contribution in [2.24, 2.45) is 0 Å². The highest BCUT2D eigenvalue weighted by molar-refractivity contribution is 7.08. The monoisotopic (exact) mass is 176 g/mol. The second-order valence-electron chi connectivity index (χ2n) is 2.46. The number of pyridine rings is 1. The fraction of sp³-hybridized carbons (Fsp3) is 0. The van der Waals surface area contributed by atoms with Crippen LogP contribution in [0.1, 0.15) is 0 Å². The van der Waals surface area contributed by atoms with E-state index in [0.29, 0.717) is 5.82 Å². The first kappa shape index (κ1) is 7.31. The Hall–Kier alpha value is -1.35. The number of hydrogen-bond acceptors (Lipinski definition) is 3. The third-order valence-corrected chi connectivity index (χ3v) is 2.27. The van der Waals surface area contributed by atoms with Gasteiger partial charge in [0.05, 0.1) is 5.69 Å². The minimum absolute atomic E-state index is 0.568. The fourth-order valence-electron chi connectivity index (χ4n) is 1.02. The summed E-state index contributed by atoms with van der Waals surface area (Å²) in [6.07, 6.45) is 0. The highest BCUT2D eigenvalue weighted by Crippen LogP contribution is 2.20. The van der Waals surface area contributed by atoms with Crippen LogP contribution in [0.5, 0.6) is 0 Å². The molecule has 0 amide bonds. The molecular formula is C9H8N2S. The van der Waals surface area contributed by atoms with Crippen LogP contribution in [-0.2, 0) is 0 Å². The van der Waals surface area contributed by atoms with Gasteiger partial charge in [0.15, 0.2) is 0 Å². The van der Waals surface area contributed by atoms with Gasteiger partial charge in [-0.25, -0.2) is 4.98 Å². The summed E-state index contributed by atoms with van der Waals surface area (Å²) in [7, 11) is 0. The molecule has 2 N–H and O–H groups in total. The third-order valence-electron chi connectivity index (χ3n) is 1.59. The molecule has 0 atom stereocenters. The molecule has 0 aliphatic carbocycles. The Bertz CT molecular complexity index is 368. The van der Waals surface area contributed by atoms with Gasteiger partial charge in [-0.3, -0.25) is 0 Å². The fourth-order valence-corrected chi connectivity index (χ4v) is 1.67. The topological polar surface area (TPSA) is 38.9 Å². The van der Waals surface area contributed by atoms with Gasteiger partial charge >= 0.3 is 0 Å². The van der Waals surface area contributed by atoms with E-state index < -0.39 is 0 Å². The summed E-state index contributed by atoms with van der Waals surface area (Å²) in [5.41, 5.74) is 7.63. The van der Waals surface area contributed by atoms with Crippen LogP contribution in [0.25, 0.3) is 11.3 Å². The maximum atomic E-state index is 5.56. The molecule has 2 aromatic rings. The molecule has 2 rings (SSSR count). The molecule has 0 saturated carbocycles. The molecule has 2 nitrogen and oxygen atoms in total. The molecule has 0 aliphatic rings. The van der Waals surface area contributed by atoms with E-state index in [4.69, 9.17) is 5.73 Å². The van der Waals surface area contributed by atoms with E-state index in [-0.39, 0.29) is 0 Å². The molecule has 0 fully saturated rings. The maximum Gasteiger partial charge on any atom is 0.124 e. The van der Waals surface area contributed by atoms with Crippen LogP contribution in [-0.4, -0.2) is 4.98 Å². The number of hydrogen-bond donors (Lipinski definition) is 1. The van der Waals surface area contributed by atoms with Crippen LogP contribution in [0.2, 0.25) is 0 Å². The van der Waals surface area contributed by atoms with E-state index in [9.17, 15) is 0 Å². The molecular weight excluding hydrogens is 168 g/mol. The van der Waals surface area contributed by atoms with E-state index in [1.54, 1.807) is 17.4 Å². The van der Waals surface area contributed by atoms with Crippen molar-refractivity contribution in [1.82, 2.24) is 4.98 Å². The summed E-state index contributed by atoms with van der Waals surface area (Å²) < 4.78 is 0. The second kappa shape index (κ2) is 2.95. The van der Waals surface area contributed by atoms with E-state index in [0.717, 1.165) is 11.3 Å². The lowest BCUT2D eigenvalue weighted by Gasteiger charge is -1.96. The molecule has 12 heavy (non-hydrogen) atoms. The zero-order valence-corrected chi connectivity index (χ0v) is 7.21. The Labute approximate surface area is 74.7 Å². The smallest absolute Gasteiger partial charge is 0.124 e. The van der Waals surface area contributed by atoms with E-state index >= 15 is 0 Å². The molecule has 60 valence electrons. The van der Waals surface area contributed by atoms with Gasteiger partial charge in [0.25, 0.3) is 0 Å². The molecule has 0 saturated heterocycles. The van der Waals surface area contributed by atoms with Gasteiger partial charge in [-0.05, 0) is 23.6 Å². The van der Waals surface area contributed by atoms with Gasteiger partial charge in [-0.1, -0.05) is 6.07 Å². The van der Waals surface area contributed by atoms with Crippen LogP contribution >= 0.6 is 11.3 Å². The molecule has 2 heterocycles. The largest absolute Gasteiger partial charge is 0.384 e. The normalized spacial score (nSPS) is 10.0. The summed E-state index contributed by atoms with van der Waals surface area (Å²) in [4.78, 5) is 4.20. The Kier molecular flexibility index (Phi) is 1.80. The van der Waals surface area contributed by atoms with Gasteiger partial charge in [0.1, 0.15) is 5.82 Å². The highest BCUT2D eigenvalue weighted by Gasteiger charge is 1.98. The molecule has 0 radical (unpaired) electrons. The van der Waals surface area contributed by atoms with Crippen LogP contribution in [0.4, 0.5) is 5.82 Å². The summed E-state index contributed by atoms with van der Waals surface area (Å²) >= 11 is 1.66. The average molecular weight is 176 g/mol. The average Bonchev–Trinajstić information content (AvgIpc) is 2.56. The minimum Gasteiger partial charge on any atom is -0.384 e. The number of thiophene rings is 1. The number of anilines is 1. The molecule has 0 bridgehead atoms. The van der Waals surface area contributed by atoms with Gasteiger partial charge in [0.2, 0.25) is 0 Å². The first-order valence-electron chi connectivity index (χ1n) is 3.61. The Balaban J connectivity index is 2.48. The van der Waals surface area contributed by atoms with Gasteiger partial charge in [-0.2, -0.15) is 11.3 Å². The Morgan fingerprint density at radius 2 is 2.17 bits per heavy atom. The van der Waals surface area contributed by atoms with Crippen molar-refractivity contribution >= 4 is 17.2 Å². The lowest BCUT2D eigenvalue weighted by atomic mass is 10.2. The van der Waals surface area contributed by atoms with Crippen molar-refractivity contribution in [3.63, 3.8) is 0 Å². The van der Waals surface area contributed by atoms with Gasteiger partial charge < -0.3 is 5.73 Å². The van der Waals surface area contributed by atoms with Crippen molar-refractivity contribution in [2.45, 2.75) is 0 Å². The van der Waals surface area contributed by atoms with Gasteiger partial charge in [0, 0.05) is 10.9 Å². The molecule has 2 aromatic heterocycles. The first-order chi connectivity index (χ1) is 5.86. The van der Waals surface area contributed by atoms with Crippen molar-refractivity contribution < 1.29 is 0 Å². The quantitative estimate of drug-likeness (QED) is 0.724. The molecule has 3 heteroatoms. The van der Waals surface area contributed by atoms with Crippen LogP contribution in [0, 0.1) is 0 Å². The third kappa shape index (κ3) is 1.31. The molecule has 0 aromatic carbocycles. The summed E-state index contributed by atoms with van der Waals surface area (Å²) in [5, 5.41) is 4.09. The van der Waals surface area contributed by atoms with E-state index in [2.05, 4.69) is 10.4 Å². The Morgan fingerprint density at radius 1 is 1.25 bits per heavy atom. The zero-order valence-electron chi connectivity index (χ0n) is 6.40.